The lowest BCUT2D eigenvalue weighted by molar-refractivity contribution is 0.0998. The first kappa shape index (κ1) is 20.0. The van der Waals surface area contributed by atoms with E-state index in [1.807, 2.05) is 0 Å². The molecule has 0 unspecified atom stereocenters. The summed E-state index contributed by atoms with van der Waals surface area (Å²) in [6, 6.07) is 9.93. The third-order valence-corrected chi connectivity index (χ3v) is 5.70. The predicted octanol–water partition coefficient (Wildman–Crippen LogP) is 4.21. The lowest BCUT2D eigenvalue weighted by Gasteiger charge is -2.20. The van der Waals surface area contributed by atoms with Crippen molar-refractivity contribution in [3.63, 3.8) is 0 Å². The molecular formula is C20H21FN2O4S. The van der Waals surface area contributed by atoms with Crippen molar-refractivity contribution in [2.24, 2.45) is 0 Å². The van der Waals surface area contributed by atoms with E-state index in [-0.39, 0.29) is 10.7 Å². The van der Waals surface area contributed by atoms with Gasteiger partial charge in [-0.25, -0.2) is 17.5 Å². The molecule has 1 aromatic heterocycles. The highest BCUT2D eigenvalue weighted by molar-refractivity contribution is 7.89. The van der Waals surface area contributed by atoms with Gasteiger partial charge in [-0.2, -0.15) is 0 Å². The Balaban J connectivity index is 1.89. The van der Waals surface area contributed by atoms with E-state index in [0.29, 0.717) is 22.2 Å². The van der Waals surface area contributed by atoms with Gasteiger partial charge in [0.15, 0.2) is 5.76 Å². The van der Waals surface area contributed by atoms with Crippen molar-refractivity contribution in [1.82, 2.24) is 4.72 Å². The Labute approximate surface area is 162 Å². The van der Waals surface area contributed by atoms with Crippen LogP contribution in [0.2, 0.25) is 0 Å². The summed E-state index contributed by atoms with van der Waals surface area (Å²) >= 11 is 0. The number of amides is 1. The Bertz CT molecular complexity index is 1160. The topological polar surface area (TPSA) is 88.4 Å². The van der Waals surface area contributed by atoms with Crippen molar-refractivity contribution in [3.05, 3.63) is 59.6 Å². The summed E-state index contributed by atoms with van der Waals surface area (Å²) in [5.41, 5.74) is 0.561. The molecule has 2 N–H and O–H groups in total. The van der Waals surface area contributed by atoms with Crippen LogP contribution in [0.3, 0.4) is 0 Å². The monoisotopic (exact) mass is 404 g/mol. The number of rotatable bonds is 4. The minimum Gasteiger partial charge on any atom is -0.451 e. The first-order valence-electron chi connectivity index (χ1n) is 8.60. The zero-order valence-electron chi connectivity index (χ0n) is 16.0. The van der Waals surface area contributed by atoms with Crippen LogP contribution in [0.5, 0.6) is 0 Å². The van der Waals surface area contributed by atoms with Crippen molar-refractivity contribution in [2.75, 3.05) is 5.32 Å². The highest BCUT2D eigenvalue weighted by Gasteiger charge is 2.23. The summed E-state index contributed by atoms with van der Waals surface area (Å²) in [6.07, 6.45) is 0. The molecule has 8 heteroatoms. The number of anilines is 1. The molecule has 0 bridgehead atoms. The number of carbonyl (C=O) groups excluding carboxylic acids is 1. The molecule has 6 nitrogen and oxygen atoms in total. The third-order valence-electron chi connectivity index (χ3n) is 3.95. The Hall–Kier alpha value is -2.71. The number of nitrogens with one attached hydrogen (secondary N) is 2. The summed E-state index contributed by atoms with van der Waals surface area (Å²) in [4.78, 5) is 12.6. The average molecular weight is 404 g/mol. The van der Waals surface area contributed by atoms with Crippen LogP contribution in [0.25, 0.3) is 11.0 Å². The van der Waals surface area contributed by atoms with Crippen molar-refractivity contribution < 1.29 is 22.0 Å². The van der Waals surface area contributed by atoms with Gasteiger partial charge in [-0.15, -0.1) is 0 Å². The molecule has 0 aliphatic carbocycles. The van der Waals surface area contributed by atoms with Gasteiger partial charge in [-0.05, 0) is 64.1 Å². The van der Waals surface area contributed by atoms with Crippen molar-refractivity contribution in [3.8, 4) is 0 Å². The van der Waals surface area contributed by atoms with Crippen LogP contribution in [-0.2, 0) is 10.0 Å². The molecule has 1 amide bonds. The normalized spacial score (nSPS) is 12.3. The largest absolute Gasteiger partial charge is 0.451 e. The Morgan fingerprint density at radius 3 is 2.50 bits per heavy atom. The van der Waals surface area contributed by atoms with Crippen molar-refractivity contribution >= 4 is 32.6 Å². The summed E-state index contributed by atoms with van der Waals surface area (Å²) in [7, 11) is -3.74. The summed E-state index contributed by atoms with van der Waals surface area (Å²) in [5, 5.41) is 3.14. The van der Waals surface area contributed by atoms with Gasteiger partial charge in [0.1, 0.15) is 11.4 Å². The smallest absolute Gasteiger partial charge is 0.291 e. The van der Waals surface area contributed by atoms with Gasteiger partial charge in [-0.1, -0.05) is 6.07 Å². The highest BCUT2D eigenvalue weighted by atomic mass is 32.2. The highest BCUT2D eigenvalue weighted by Crippen LogP contribution is 2.27. The Morgan fingerprint density at radius 2 is 1.82 bits per heavy atom. The molecule has 0 saturated carbocycles. The van der Waals surface area contributed by atoms with E-state index in [9.17, 15) is 17.6 Å². The molecule has 0 fully saturated rings. The van der Waals surface area contributed by atoms with Gasteiger partial charge in [0, 0.05) is 22.2 Å². The second-order valence-corrected chi connectivity index (χ2v) is 9.22. The number of sulfonamides is 1. The first-order valence-corrected chi connectivity index (χ1v) is 10.1. The third kappa shape index (κ3) is 4.23. The fourth-order valence-electron chi connectivity index (χ4n) is 2.80. The molecule has 0 aliphatic rings. The molecule has 0 saturated heterocycles. The molecular weight excluding hydrogens is 383 g/mol. The minimum atomic E-state index is -3.74. The van der Waals surface area contributed by atoms with Gasteiger partial charge in [0.2, 0.25) is 10.0 Å². The summed E-state index contributed by atoms with van der Waals surface area (Å²) < 4.78 is 46.5. The molecule has 28 heavy (non-hydrogen) atoms. The second kappa shape index (κ2) is 7.03. The SMILES string of the molecule is Cc1c(C(=O)Nc2cccc(S(=O)(=O)NC(C)(C)C)c2)oc2ccc(F)cc12. The molecule has 3 aromatic rings. The first-order chi connectivity index (χ1) is 13.0. The van der Waals surface area contributed by atoms with Crippen molar-refractivity contribution in [2.45, 2.75) is 38.1 Å². The van der Waals surface area contributed by atoms with E-state index in [2.05, 4.69) is 10.0 Å². The van der Waals surface area contributed by atoms with Gasteiger partial charge < -0.3 is 9.73 Å². The molecule has 1 heterocycles. The zero-order valence-corrected chi connectivity index (χ0v) is 16.8. The van der Waals surface area contributed by atoms with E-state index in [0.717, 1.165) is 0 Å². The maximum Gasteiger partial charge on any atom is 0.291 e. The number of carbonyl (C=O) groups is 1. The Morgan fingerprint density at radius 1 is 1.11 bits per heavy atom. The average Bonchev–Trinajstić information content (AvgIpc) is 2.90. The van der Waals surface area contributed by atoms with E-state index in [1.54, 1.807) is 33.8 Å². The fraction of sp³-hybridized carbons (Fsp3) is 0.250. The summed E-state index contributed by atoms with van der Waals surface area (Å²) in [6.45, 7) is 6.88. The van der Waals surface area contributed by atoms with Crippen LogP contribution in [0, 0.1) is 12.7 Å². The Kier molecular flexibility index (Phi) is 5.03. The van der Waals surface area contributed by atoms with Gasteiger partial charge >= 0.3 is 0 Å². The minimum absolute atomic E-state index is 0.0311. The molecule has 0 spiro atoms. The van der Waals surface area contributed by atoms with Crippen LogP contribution in [0.4, 0.5) is 10.1 Å². The molecule has 148 valence electrons. The molecule has 2 aromatic carbocycles. The zero-order chi connectivity index (χ0) is 20.7. The van der Waals surface area contributed by atoms with E-state index < -0.39 is 27.3 Å². The predicted molar refractivity (Wildman–Crippen MR) is 105 cm³/mol. The van der Waals surface area contributed by atoms with E-state index >= 15 is 0 Å². The van der Waals surface area contributed by atoms with Gasteiger partial charge in [0.05, 0.1) is 4.90 Å². The quantitative estimate of drug-likeness (QED) is 0.682. The second-order valence-electron chi connectivity index (χ2n) is 7.53. The number of benzene rings is 2. The van der Waals surface area contributed by atoms with Gasteiger partial charge in [-0.3, -0.25) is 4.79 Å². The number of halogens is 1. The number of furan rings is 1. The van der Waals surface area contributed by atoms with E-state index in [4.69, 9.17) is 4.42 Å². The van der Waals surface area contributed by atoms with Crippen LogP contribution in [0.1, 0.15) is 36.9 Å². The maximum absolute atomic E-state index is 13.4. The lowest BCUT2D eigenvalue weighted by Crippen LogP contribution is -2.40. The van der Waals surface area contributed by atoms with Crippen LogP contribution < -0.4 is 10.0 Å². The molecule has 0 radical (unpaired) electrons. The van der Waals surface area contributed by atoms with Crippen LogP contribution in [0.15, 0.2) is 51.8 Å². The van der Waals surface area contributed by atoms with Crippen LogP contribution in [-0.4, -0.2) is 19.9 Å². The maximum atomic E-state index is 13.4. The molecule has 0 aliphatic heterocycles. The van der Waals surface area contributed by atoms with Crippen molar-refractivity contribution in [1.29, 1.82) is 0 Å². The lowest BCUT2D eigenvalue weighted by atomic mass is 10.1. The number of fused-ring (bicyclic) bond motifs is 1. The van der Waals surface area contributed by atoms with Crippen LogP contribution >= 0.6 is 0 Å². The van der Waals surface area contributed by atoms with Gasteiger partial charge in [0.25, 0.3) is 5.91 Å². The van der Waals surface area contributed by atoms with E-state index in [1.165, 1.54) is 36.4 Å². The number of aryl methyl sites for hydroxylation is 1. The standard InChI is InChI=1S/C20H21FN2O4S/c1-12-16-10-13(21)8-9-17(16)27-18(12)19(24)22-14-6-5-7-15(11-14)28(25,26)23-20(2,3)4/h5-11,23H,1-4H3,(H,22,24). The summed E-state index contributed by atoms with van der Waals surface area (Å²) in [5.74, 6) is -0.929. The molecule has 0 atom stereocenters. The number of hydrogen-bond acceptors (Lipinski definition) is 4. The number of hydrogen-bond donors (Lipinski definition) is 2. The molecule has 3 rings (SSSR count). The fourth-order valence-corrected chi connectivity index (χ4v) is 4.26.